The van der Waals surface area contributed by atoms with E-state index in [9.17, 15) is 0 Å². The molecule has 1 aromatic rings. The molecule has 0 fully saturated rings. The summed E-state index contributed by atoms with van der Waals surface area (Å²) in [6.45, 7) is -0.101. The van der Waals surface area contributed by atoms with Gasteiger partial charge in [0.25, 0.3) is 0 Å². The van der Waals surface area contributed by atoms with E-state index in [-0.39, 0.29) is 12.4 Å². The fourth-order valence-corrected chi connectivity index (χ4v) is 0.767. The molecule has 0 radical (unpaired) electrons. The van der Waals surface area contributed by atoms with Crippen molar-refractivity contribution in [1.29, 1.82) is 0 Å². The van der Waals surface area contributed by atoms with Gasteiger partial charge in [0.15, 0.2) is 0 Å². The molecular formula is C6H7ClN2O. The average Bonchev–Trinajstić information content (AvgIpc) is 1.88. The predicted octanol–water partition coefficient (Wildman–Crippen LogP) is 0.809. The first-order valence-electron chi connectivity index (χ1n) is 2.76. The van der Waals surface area contributed by atoms with Crippen LogP contribution in [0.25, 0.3) is 0 Å². The topological polar surface area (TPSA) is 59.1 Å². The molecule has 0 aliphatic heterocycles. The molecule has 1 aromatic heterocycles. The van der Waals surface area contributed by atoms with Crippen molar-refractivity contribution in [3.05, 3.63) is 22.8 Å². The third kappa shape index (κ3) is 1.37. The number of halogens is 1. The first-order chi connectivity index (χ1) is 4.74. The van der Waals surface area contributed by atoms with Gasteiger partial charge in [0, 0.05) is 5.56 Å². The molecule has 1 heterocycles. The fourth-order valence-electron chi connectivity index (χ4n) is 0.613. The van der Waals surface area contributed by atoms with Crippen LogP contribution in [0.5, 0.6) is 0 Å². The Morgan fingerprint density at radius 3 is 2.80 bits per heavy atom. The maximum atomic E-state index is 8.65. The van der Waals surface area contributed by atoms with E-state index in [0.717, 1.165) is 0 Å². The highest BCUT2D eigenvalue weighted by Gasteiger charge is 1.97. The van der Waals surface area contributed by atoms with E-state index in [1.165, 1.54) is 0 Å². The molecule has 10 heavy (non-hydrogen) atoms. The molecule has 0 amide bonds. The molecule has 1 rings (SSSR count). The van der Waals surface area contributed by atoms with Gasteiger partial charge in [-0.3, -0.25) is 0 Å². The van der Waals surface area contributed by atoms with Crippen molar-refractivity contribution in [2.45, 2.75) is 6.61 Å². The van der Waals surface area contributed by atoms with Gasteiger partial charge in [-0.25, -0.2) is 4.98 Å². The van der Waals surface area contributed by atoms with Gasteiger partial charge in [-0.15, -0.1) is 0 Å². The smallest absolute Gasteiger partial charge is 0.131 e. The molecule has 0 saturated heterocycles. The highest BCUT2D eigenvalue weighted by molar-refractivity contribution is 6.29. The van der Waals surface area contributed by atoms with Gasteiger partial charge in [0.1, 0.15) is 11.0 Å². The van der Waals surface area contributed by atoms with Gasteiger partial charge in [-0.1, -0.05) is 11.6 Å². The van der Waals surface area contributed by atoms with Crippen molar-refractivity contribution in [2.75, 3.05) is 5.73 Å². The molecule has 0 unspecified atom stereocenters. The Hall–Kier alpha value is -0.800. The number of nitrogens with two attached hydrogens (primary N) is 1. The van der Waals surface area contributed by atoms with Crippen LogP contribution in [0.15, 0.2) is 12.1 Å². The van der Waals surface area contributed by atoms with Crippen LogP contribution in [0.3, 0.4) is 0 Å². The zero-order valence-electron chi connectivity index (χ0n) is 5.21. The minimum atomic E-state index is -0.101. The lowest BCUT2D eigenvalue weighted by atomic mass is 10.3. The van der Waals surface area contributed by atoms with E-state index in [1.54, 1.807) is 12.1 Å². The number of pyridine rings is 1. The molecule has 0 aliphatic carbocycles. The Bertz CT molecular complexity index is 239. The van der Waals surface area contributed by atoms with Crippen molar-refractivity contribution in [3.8, 4) is 0 Å². The summed E-state index contributed by atoms with van der Waals surface area (Å²) in [5, 5.41) is 8.99. The first kappa shape index (κ1) is 7.31. The fraction of sp³-hybridized carbons (Fsp3) is 0.167. The zero-order chi connectivity index (χ0) is 7.56. The van der Waals surface area contributed by atoms with Crippen LogP contribution in [-0.4, -0.2) is 10.1 Å². The van der Waals surface area contributed by atoms with E-state index < -0.39 is 0 Å². The summed E-state index contributed by atoms with van der Waals surface area (Å²) in [5.74, 6) is 0.287. The zero-order valence-corrected chi connectivity index (χ0v) is 5.97. The maximum Gasteiger partial charge on any atom is 0.131 e. The molecule has 0 aliphatic rings. The van der Waals surface area contributed by atoms with Crippen molar-refractivity contribution in [1.82, 2.24) is 4.98 Å². The molecule has 0 bridgehead atoms. The normalized spacial score (nSPS) is 9.80. The molecule has 3 N–H and O–H groups in total. The SMILES string of the molecule is Nc1nc(Cl)ccc1CO. The Balaban J connectivity index is 3.07. The molecule has 54 valence electrons. The number of nitrogen functional groups attached to an aromatic ring is 1. The number of hydrogen-bond acceptors (Lipinski definition) is 3. The van der Waals surface area contributed by atoms with Crippen molar-refractivity contribution >= 4 is 17.4 Å². The molecule has 0 saturated carbocycles. The summed E-state index contributed by atoms with van der Waals surface area (Å²) >= 11 is 5.50. The monoisotopic (exact) mass is 158 g/mol. The lowest BCUT2D eigenvalue weighted by Crippen LogP contribution is -1.96. The number of hydrogen-bond donors (Lipinski definition) is 2. The number of nitrogens with zero attached hydrogens (tertiary/aromatic N) is 1. The lowest BCUT2D eigenvalue weighted by Gasteiger charge is -1.99. The van der Waals surface area contributed by atoms with E-state index in [2.05, 4.69) is 4.98 Å². The summed E-state index contributed by atoms with van der Waals surface area (Å²) < 4.78 is 0. The van der Waals surface area contributed by atoms with Gasteiger partial charge in [-0.05, 0) is 12.1 Å². The molecule has 3 nitrogen and oxygen atoms in total. The second-order valence-electron chi connectivity index (χ2n) is 1.84. The molecule has 4 heteroatoms. The minimum Gasteiger partial charge on any atom is -0.392 e. The number of aliphatic hydroxyl groups excluding tert-OH is 1. The molecule has 0 aromatic carbocycles. The quantitative estimate of drug-likeness (QED) is 0.595. The van der Waals surface area contributed by atoms with Crippen LogP contribution in [0.1, 0.15) is 5.56 Å². The predicted molar refractivity (Wildman–Crippen MR) is 39.6 cm³/mol. The Kier molecular flexibility index (Phi) is 2.09. The Labute approximate surface area is 63.5 Å². The van der Waals surface area contributed by atoms with Crippen LogP contribution >= 0.6 is 11.6 Å². The number of anilines is 1. The van der Waals surface area contributed by atoms with Crippen LogP contribution in [0, 0.1) is 0 Å². The molecular weight excluding hydrogens is 152 g/mol. The molecule has 0 spiro atoms. The largest absolute Gasteiger partial charge is 0.392 e. The summed E-state index contributed by atoms with van der Waals surface area (Å²) in [7, 11) is 0. The molecule has 0 atom stereocenters. The van der Waals surface area contributed by atoms with Gasteiger partial charge in [0.05, 0.1) is 6.61 Å². The third-order valence-corrected chi connectivity index (χ3v) is 1.36. The summed E-state index contributed by atoms with van der Waals surface area (Å²) in [5.41, 5.74) is 5.98. The number of rotatable bonds is 1. The standard InChI is InChI=1S/C6H7ClN2O/c7-5-2-1-4(3-10)6(8)9-5/h1-2,10H,3H2,(H2,8,9). The van der Waals surface area contributed by atoms with E-state index >= 15 is 0 Å². The van der Waals surface area contributed by atoms with Gasteiger partial charge < -0.3 is 10.8 Å². The third-order valence-electron chi connectivity index (χ3n) is 1.15. The minimum absolute atomic E-state index is 0.101. The van der Waals surface area contributed by atoms with E-state index in [4.69, 9.17) is 22.4 Å². The highest BCUT2D eigenvalue weighted by atomic mass is 35.5. The van der Waals surface area contributed by atoms with Gasteiger partial charge >= 0.3 is 0 Å². The van der Waals surface area contributed by atoms with Crippen LogP contribution in [0.4, 0.5) is 5.82 Å². The van der Waals surface area contributed by atoms with Gasteiger partial charge in [-0.2, -0.15) is 0 Å². The number of aromatic nitrogens is 1. The maximum absolute atomic E-state index is 8.65. The van der Waals surface area contributed by atoms with Crippen molar-refractivity contribution < 1.29 is 5.11 Å². The lowest BCUT2D eigenvalue weighted by molar-refractivity contribution is 0.282. The van der Waals surface area contributed by atoms with Crippen LogP contribution in [0.2, 0.25) is 5.15 Å². The van der Waals surface area contributed by atoms with Gasteiger partial charge in [0.2, 0.25) is 0 Å². The van der Waals surface area contributed by atoms with Crippen molar-refractivity contribution in [2.24, 2.45) is 0 Å². The highest BCUT2D eigenvalue weighted by Crippen LogP contribution is 2.12. The average molecular weight is 159 g/mol. The summed E-state index contributed by atoms with van der Waals surface area (Å²) in [6, 6.07) is 3.23. The summed E-state index contributed by atoms with van der Waals surface area (Å²) in [4.78, 5) is 3.73. The number of aliphatic hydroxyl groups is 1. The Morgan fingerprint density at radius 2 is 2.30 bits per heavy atom. The Morgan fingerprint density at radius 1 is 1.60 bits per heavy atom. The van der Waals surface area contributed by atoms with Crippen LogP contribution < -0.4 is 5.73 Å². The van der Waals surface area contributed by atoms with Crippen molar-refractivity contribution in [3.63, 3.8) is 0 Å². The summed E-state index contributed by atoms with van der Waals surface area (Å²) in [6.07, 6.45) is 0. The second kappa shape index (κ2) is 2.86. The van der Waals surface area contributed by atoms with E-state index in [0.29, 0.717) is 10.7 Å². The van der Waals surface area contributed by atoms with Crippen LogP contribution in [-0.2, 0) is 6.61 Å². The first-order valence-corrected chi connectivity index (χ1v) is 3.13. The second-order valence-corrected chi connectivity index (χ2v) is 2.22. The van der Waals surface area contributed by atoms with E-state index in [1.807, 2.05) is 0 Å².